The Morgan fingerprint density at radius 2 is 1.84 bits per heavy atom. The predicted molar refractivity (Wildman–Crippen MR) is 94.5 cm³/mol. The molecule has 25 heavy (non-hydrogen) atoms. The SMILES string of the molecule is COc1ccc(C[C@H]2NC[C@H](O)[C@H]2OC(=O)Cc2ccccc2)cc1. The van der Waals surface area contributed by atoms with Crippen molar-refractivity contribution < 1.29 is 19.4 Å². The lowest BCUT2D eigenvalue weighted by molar-refractivity contribution is -0.153. The van der Waals surface area contributed by atoms with Gasteiger partial charge in [-0.1, -0.05) is 42.5 Å². The fraction of sp³-hybridized carbons (Fsp3) is 0.350. The molecule has 0 saturated carbocycles. The molecule has 0 radical (unpaired) electrons. The predicted octanol–water partition coefficient (Wildman–Crippen LogP) is 1.72. The van der Waals surface area contributed by atoms with Crippen molar-refractivity contribution in [1.82, 2.24) is 5.32 Å². The molecule has 5 nitrogen and oxygen atoms in total. The molecule has 1 aliphatic heterocycles. The lowest BCUT2D eigenvalue weighted by Gasteiger charge is -2.22. The summed E-state index contributed by atoms with van der Waals surface area (Å²) in [5.74, 6) is 0.479. The quantitative estimate of drug-likeness (QED) is 0.783. The highest BCUT2D eigenvalue weighted by atomic mass is 16.6. The molecule has 3 rings (SSSR count). The van der Waals surface area contributed by atoms with Gasteiger partial charge in [0.25, 0.3) is 0 Å². The number of benzene rings is 2. The summed E-state index contributed by atoms with van der Waals surface area (Å²) in [7, 11) is 1.63. The number of aliphatic hydroxyl groups excluding tert-OH is 1. The molecule has 1 aliphatic rings. The van der Waals surface area contributed by atoms with Crippen molar-refractivity contribution in [2.45, 2.75) is 31.1 Å². The number of hydrogen-bond donors (Lipinski definition) is 2. The first-order valence-electron chi connectivity index (χ1n) is 8.43. The number of nitrogens with one attached hydrogen (secondary N) is 1. The first kappa shape index (κ1) is 17.5. The molecule has 0 aliphatic carbocycles. The fourth-order valence-electron chi connectivity index (χ4n) is 3.09. The van der Waals surface area contributed by atoms with Crippen LogP contribution in [0.15, 0.2) is 54.6 Å². The second-order valence-corrected chi connectivity index (χ2v) is 6.25. The van der Waals surface area contributed by atoms with Gasteiger partial charge in [0, 0.05) is 6.54 Å². The second-order valence-electron chi connectivity index (χ2n) is 6.25. The molecule has 5 heteroatoms. The summed E-state index contributed by atoms with van der Waals surface area (Å²) in [6.45, 7) is 0.421. The van der Waals surface area contributed by atoms with E-state index in [0.717, 1.165) is 16.9 Å². The van der Waals surface area contributed by atoms with Crippen LogP contribution in [0.5, 0.6) is 5.75 Å². The molecule has 2 aromatic rings. The Bertz CT molecular complexity index is 687. The van der Waals surface area contributed by atoms with Crippen LogP contribution in [0.4, 0.5) is 0 Å². The number of aliphatic hydroxyl groups is 1. The summed E-state index contributed by atoms with van der Waals surface area (Å²) in [5.41, 5.74) is 2.00. The molecule has 2 aromatic carbocycles. The molecule has 1 heterocycles. The molecule has 0 unspecified atom stereocenters. The van der Waals surface area contributed by atoms with Crippen molar-refractivity contribution in [2.24, 2.45) is 0 Å². The van der Waals surface area contributed by atoms with E-state index < -0.39 is 12.2 Å². The minimum Gasteiger partial charge on any atom is -0.497 e. The summed E-state index contributed by atoms with van der Waals surface area (Å²) in [4.78, 5) is 12.2. The highest BCUT2D eigenvalue weighted by Crippen LogP contribution is 2.19. The summed E-state index contributed by atoms with van der Waals surface area (Å²) >= 11 is 0. The van der Waals surface area contributed by atoms with Crippen LogP contribution in [-0.4, -0.2) is 43.0 Å². The summed E-state index contributed by atoms with van der Waals surface area (Å²) < 4.78 is 10.7. The van der Waals surface area contributed by atoms with E-state index in [1.807, 2.05) is 54.6 Å². The zero-order chi connectivity index (χ0) is 17.6. The number of esters is 1. The van der Waals surface area contributed by atoms with E-state index in [4.69, 9.17) is 9.47 Å². The third kappa shape index (κ3) is 4.59. The smallest absolute Gasteiger partial charge is 0.310 e. The maximum Gasteiger partial charge on any atom is 0.310 e. The molecule has 1 fully saturated rings. The van der Waals surface area contributed by atoms with Crippen molar-refractivity contribution in [3.05, 3.63) is 65.7 Å². The minimum atomic E-state index is -0.692. The van der Waals surface area contributed by atoms with Crippen LogP contribution in [-0.2, 0) is 22.4 Å². The third-order valence-electron chi connectivity index (χ3n) is 4.44. The standard InChI is InChI=1S/C20H23NO4/c1-24-16-9-7-15(8-10-16)11-17-20(18(22)13-21-17)25-19(23)12-14-5-3-2-4-6-14/h2-10,17-18,20-22H,11-13H2,1H3/t17-,18+,20+/m1/s1. The first-order valence-corrected chi connectivity index (χ1v) is 8.43. The lowest BCUT2D eigenvalue weighted by Crippen LogP contribution is -2.39. The van der Waals surface area contributed by atoms with E-state index >= 15 is 0 Å². The summed E-state index contributed by atoms with van der Waals surface area (Å²) in [6, 6.07) is 17.1. The van der Waals surface area contributed by atoms with Crippen LogP contribution >= 0.6 is 0 Å². The third-order valence-corrected chi connectivity index (χ3v) is 4.44. The fourth-order valence-corrected chi connectivity index (χ4v) is 3.09. The molecule has 0 bridgehead atoms. The topological polar surface area (TPSA) is 67.8 Å². The summed E-state index contributed by atoms with van der Waals surface area (Å²) in [6.07, 6.45) is -0.356. The number of ether oxygens (including phenoxy) is 2. The molecular weight excluding hydrogens is 318 g/mol. The molecule has 0 amide bonds. The Kier molecular flexibility index (Phi) is 5.68. The Labute approximate surface area is 147 Å². The number of rotatable bonds is 6. The van der Waals surface area contributed by atoms with E-state index in [2.05, 4.69) is 5.32 Å². The molecule has 1 saturated heterocycles. The highest BCUT2D eigenvalue weighted by molar-refractivity contribution is 5.72. The highest BCUT2D eigenvalue weighted by Gasteiger charge is 2.37. The lowest BCUT2D eigenvalue weighted by atomic mass is 10.0. The van der Waals surface area contributed by atoms with Gasteiger partial charge >= 0.3 is 5.97 Å². The van der Waals surface area contributed by atoms with E-state index in [9.17, 15) is 9.90 Å². The normalized spacial score (nSPS) is 22.6. The molecule has 132 valence electrons. The van der Waals surface area contributed by atoms with Crippen molar-refractivity contribution in [1.29, 1.82) is 0 Å². The van der Waals surface area contributed by atoms with Crippen LogP contribution in [0.3, 0.4) is 0 Å². The van der Waals surface area contributed by atoms with Crippen LogP contribution < -0.4 is 10.1 Å². The molecule has 3 atom stereocenters. The van der Waals surface area contributed by atoms with Crippen LogP contribution in [0.1, 0.15) is 11.1 Å². The van der Waals surface area contributed by atoms with Crippen molar-refractivity contribution in [2.75, 3.05) is 13.7 Å². The van der Waals surface area contributed by atoms with Gasteiger partial charge in [0.05, 0.1) is 19.6 Å². The Morgan fingerprint density at radius 1 is 1.12 bits per heavy atom. The second kappa shape index (κ2) is 8.14. The first-order chi connectivity index (χ1) is 12.2. The van der Waals surface area contributed by atoms with E-state index in [0.29, 0.717) is 13.0 Å². The maximum atomic E-state index is 12.2. The monoisotopic (exact) mass is 341 g/mol. The van der Waals surface area contributed by atoms with Gasteiger partial charge in [0.2, 0.25) is 0 Å². The number of hydrogen-bond acceptors (Lipinski definition) is 5. The maximum absolute atomic E-state index is 12.2. The Balaban J connectivity index is 1.60. The van der Waals surface area contributed by atoms with Crippen molar-refractivity contribution in [3.8, 4) is 5.75 Å². The zero-order valence-electron chi connectivity index (χ0n) is 14.2. The summed E-state index contributed by atoms with van der Waals surface area (Å²) in [5, 5.41) is 13.4. The van der Waals surface area contributed by atoms with Gasteiger partial charge in [-0.05, 0) is 29.7 Å². The van der Waals surface area contributed by atoms with Gasteiger partial charge < -0.3 is 19.9 Å². The largest absolute Gasteiger partial charge is 0.497 e. The van der Waals surface area contributed by atoms with Gasteiger partial charge in [0.1, 0.15) is 18.0 Å². The molecular formula is C20H23NO4. The van der Waals surface area contributed by atoms with Gasteiger partial charge in [0.15, 0.2) is 0 Å². The van der Waals surface area contributed by atoms with Gasteiger partial charge in [-0.2, -0.15) is 0 Å². The van der Waals surface area contributed by atoms with E-state index in [-0.39, 0.29) is 18.4 Å². The Hall–Kier alpha value is -2.37. The molecule has 2 N–H and O–H groups in total. The number of methoxy groups -OCH3 is 1. The van der Waals surface area contributed by atoms with Gasteiger partial charge in [-0.3, -0.25) is 4.79 Å². The van der Waals surface area contributed by atoms with E-state index in [1.165, 1.54) is 0 Å². The Morgan fingerprint density at radius 3 is 2.52 bits per heavy atom. The minimum absolute atomic E-state index is 0.108. The van der Waals surface area contributed by atoms with Gasteiger partial charge in [-0.25, -0.2) is 0 Å². The van der Waals surface area contributed by atoms with Gasteiger partial charge in [-0.15, -0.1) is 0 Å². The van der Waals surface area contributed by atoms with E-state index in [1.54, 1.807) is 7.11 Å². The average molecular weight is 341 g/mol. The number of carbonyl (C=O) groups excluding carboxylic acids is 1. The number of β-amino-alcohol motifs (C(OH)–C–C–N with tert-alkyl or cyclic N) is 1. The molecule has 0 aromatic heterocycles. The van der Waals surface area contributed by atoms with Crippen LogP contribution in [0.2, 0.25) is 0 Å². The average Bonchev–Trinajstić information content (AvgIpc) is 2.96. The molecule has 0 spiro atoms. The van der Waals surface area contributed by atoms with Crippen molar-refractivity contribution >= 4 is 5.97 Å². The van der Waals surface area contributed by atoms with Crippen LogP contribution in [0.25, 0.3) is 0 Å². The number of carbonyl (C=O) groups is 1. The zero-order valence-corrected chi connectivity index (χ0v) is 14.2. The van der Waals surface area contributed by atoms with Crippen molar-refractivity contribution in [3.63, 3.8) is 0 Å². The van der Waals surface area contributed by atoms with Crippen LogP contribution in [0, 0.1) is 0 Å².